The van der Waals surface area contributed by atoms with Gasteiger partial charge in [0.05, 0.1) is 12.6 Å². The quantitative estimate of drug-likeness (QED) is 0.750. The van der Waals surface area contributed by atoms with Gasteiger partial charge in [0.2, 0.25) is 0 Å². The van der Waals surface area contributed by atoms with Crippen LogP contribution in [0.2, 0.25) is 0 Å². The third-order valence-corrected chi connectivity index (χ3v) is 5.56. The van der Waals surface area contributed by atoms with Gasteiger partial charge in [-0.2, -0.15) is 0 Å². The second kappa shape index (κ2) is 8.56. The van der Waals surface area contributed by atoms with Crippen LogP contribution in [0.1, 0.15) is 46.8 Å². The van der Waals surface area contributed by atoms with Crippen molar-refractivity contribution in [1.82, 2.24) is 14.8 Å². The van der Waals surface area contributed by atoms with Crippen molar-refractivity contribution in [2.75, 3.05) is 30.8 Å². The van der Waals surface area contributed by atoms with Crippen molar-refractivity contribution in [3.63, 3.8) is 0 Å². The predicted octanol–water partition coefficient (Wildman–Crippen LogP) is 3.47. The number of carbonyl (C=O) groups is 2. The number of urea groups is 1. The van der Waals surface area contributed by atoms with Crippen LogP contribution in [0.15, 0.2) is 36.5 Å². The minimum absolute atomic E-state index is 0.0471. The number of rotatable bonds is 5. The highest BCUT2D eigenvalue weighted by molar-refractivity contribution is 6.05. The third kappa shape index (κ3) is 4.00. The molecule has 2 aliphatic rings. The maximum absolute atomic E-state index is 12.7. The van der Waals surface area contributed by atoms with Gasteiger partial charge < -0.3 is 10.2 Å². The molecule has 4 rings (SSSR count). The Balaban J connectivity index is 1.48. The summed E-state index contributed by atoms with van der Waals surface area (Å²) in [7, 11) is 1.94. The van der Waals surface area contributed by atoms with E-state index in [1.165, 1.54) is 0 Å². The van der Waals surface area contributed by atoms with Crippen LogP contribution < -0.4 is 10.6 Å². The molecule has 0 radical (unpaired) electrons. The Morgan fingerprint density at radius 1 is 1.33 bits per heavy atom. The lowest BCUT2D eigenvalue weighted by molar-refractivity contribution is 0.0672. The Morgan fingerprint density at radius 3 is 3.03 bits per heavy atom. The summed E-state index contributed by atoms with van der Waals surface area (Å²) in [6.07, 6.45) is 10.0. The molecule has 2 aliphatic heterocycles. The zero-order valence-electron chi connectivity index (χ0n) is 17.0. The van der Waals surface area contributed by atoms with Crippen LogP contribution >= 0.6 is 0 Å². The van der Waals surface area contributed by atoms with Gasteiger partial charge >= 0.3 is 6.03 Å². The summed E-state index contributed by atoms with van der Waals surface area (Å²) in [6, 6.07) is 8.89. The lowest BCUT2D eigenvalue weighted by Crippen LogP contribution is -2.32. The number of hydrogen-bond donors (Lipinski definition) is 2. The molecule has 3 heterocycles. The summed E-state index contributed by atoms with van der Waals surface area (Å²) in [6.45, 7) is 1.98. The van der Waals surface area contributed by atoms with E-state index >= 15 is 0 Å². The predicted molar refractivity (Wildman–Crippen MR) is 116 cm³/mol. The standard InChI is InChI=1S/C23H25N5O2/c1-3-12-27(2)15-16-10-11-24-20(14-16)26-23(30)25-18-8-6-7-17-21(18)19-9-4-5-13-28(19)22(17)29/h1,6-8,10-11,14,19H,4-5,9,12-13,15H2,2H3,(H2,24,25,26,30). The number of pyridine rings is 1. The highest BCUT2D eigenvalue weighted by Gasteiger charge is 2.39. The van der Waals surface area contributed by atoms with Crippen LogP contribution in [0.25, 0.3) is 0 Å². The summed E-state index contributed by atoms with van der Waals surface area (Å²) in [5.74, 6) is 3.13. The Kier molecular flexibility index (Phi) is 5.68. The molecule has 154 valence electrons. The average molecular weight is 403 g/mol. The van der Waals surface area contributed by atoms with Gasteiger partial charge in [0.25, 0.3) is 5.91 Å². The summed E-state index contributed by atoms with van der Waals surface area (Å²) < 4.78 is 0. The van der Waals surface area contributed by atoms with Crippen molar-refractivity contribution in [3.05, 3.63) is 53.2 Å². The maximum Gasteiger partial charge on any atom is 0.324 e. The van der Waals surface area contributed by atoms with E-state index in [0.29, 0.717) is 30.2 Å². The number of nitrogens with zero attached hydrogens (tertiary/aromatic N) is 3. The fourth-order valence-electron chi connectivity index (χ4n) is 4.28. The number of hydrogen-bond acceptors (Lipinski definition) is 4. The number of carbonyl (C=O) groups excluding carboxylic acids is 2. The molecule has 7 heteroatoms. The van der Waals surface area contributed by atoms with Crippen molar-refractivity contribution >= 4 is 23.4 Å². The van der Waals surface area contributed by atoms with E-state index in [4.69, 9.17) is 6.42 Å². The zero-order chi connectivity index (χ0) is 21.1. The van der Waals surface area contributed by atoms with Gasteiger partial charge in [0.15, 0.2) is 0 Å². The number of terminal acetylenes is 1. The smallest absolute Gasteiger partial charge is 0.324 e. The largest absolute Gasteiger partial charge is 0.331 e. The minimum Gasteiger partial charge on any atom is -0.331 e. The molecule has 2 N–H and O–H groups in total. The Morgan fingerprint density at radius 2 is 2.20 bits per heavy atom. The summed E-state index contributed by atoms with van der Waals surface area (Å²) in [5, 5.41) is 5.71. The van der Waals surface area contributed by atoms with Gasteiger partial charge in [-0.15, -0.1) is 6.42 Å². The van der Waals surface area contributed by atoms with Crippen molar-refractivity contribution in [2.24, 2.45) is 0 Å². The minimum atomic E-state index is -0.383. The lowest BCUT2D eigenvalue weighted by atomic mass is 9.96. The van der Waals surface area contributed by atoms with Gasteiger partial charge in [-0.25, -0.2) is 9.78 Å². The third-order valence-electron chi connectivity index (χ3n) is 5.56. The van der Waals surface area contributed by atoms with Crippen LogP contribution in [0.4, 0.5) is 16.3 Å². The first-order chi connectivity index (χ1) is 14.6. The molecule has 30 heavy (non-hydrogen) atoms. The lowest BCUT2D eigenvalue weighted by Gasteiger charge is -2.30. The Hall–Kier alpha value is -3.37. The molecule has 0 bridgehead atoms. The molecule has 0 spiro atoms. The zero-order valence-corrected chi connectivity index (χ0v) is 17.0. The van der Waals surface area contributed by atoms with Crippen LogP contribution in [-0.2, 0) is 6.54 Å². The summed E-state index contributed by atoms with van der Waals surface area (Å²) >= 11 is 0. The van der Waals surface area contributed by atoms with Crippen LogP contribution in [0, 0.1) is 12.3 Å². The molecular weight excluding hydrogens is 378 g/mol. The number of piperidine rings is 1. The second-order valence-corrected chi connectivity index (χ2v) is 7.78. The van der Waals surface area contributed by atoms with Crippen molar-refractivity contribution in [3.8, 4) is 12.3 Å². The Labute approximate surface area is 176 Å². The van der Waals surface area contributed by atoms with Crippen LogP contribution in [0.5, 0.6) is 0 Å². The molecule has 1 unspecified atom stereocenters. The topological polar surface area (TPSA) is 77.6 Å². The fourth-order valence-corrected chi connectivity index (χ4v) is 4.28. The molecule has 1 fully saturated rings. The van der Waals surface area contributed by atoms with Gasteiger partial charge in [-0.3, -0.25) is 15.0 Å². The highest BCUT2D eigenvalue weighted by atomic mass is 16.2. The second-order valence-electron chi connectivity index (χ2n) is 7.78. The van der Waals surface area contributed by atoms with E-state index < -0.39 is 0 Å². The summed E-state index contributed by atoms with van der Waals surface area (Å²) in [5.41, 5.74) is 3.30. The molecule has 0 saturated carbocycles. The Bertz CT molecular complexity index is 1010. The molecule has 0 aliphatic carbocycles. The van der Waals surface area contributed by atoms with Crippen LogP contribution in [0.3, 0.4) is 0 Å². The highest BCUT2D eigenvalue weighted by Crippen LogP contribution is 2.43. The number of amides is 3. The fraction of sp³-hybridized carbons (Fsp3) is 0.348. The molecule has 3 amide bonds. The first-order valence-electron chi connectivity index (χ1n) is 10.2. The van der Waals surface area contributed by atoms with E-state index in [0.717, 1.165) is 36.9 Å². The number of aromatic nitrogens is 1. The maximum atomic E-state index is 12.7. The molecule has 1 saturated heterocycles. The van der Waals surface area contributed by atoms with Crippen molar-refractivity contribution < 1.29 is 9.59 Å². The molecule has 1 atom stereocenters. The molecule has 1 aromatic carbocycles. The van der Waals surface area contributed by atoms with E-state index in [2.05, 4.69) is 21.5 Å². The molecule has 1 aromatic heterocycles. The average Bonchev–Trinajstić information content (AvgIpc) is 3.02. The SMILES string of the molecule is C#CCN(C)Cc1ccnc(NC(=O)Nc2cccc3c2C2CCCCN2C3=O)c1. The normalized spacial score (nSPS) is 17.3. The van der Waals surface area contributed by atoms with Gasteiger partial charge in [-0.1, -0.05) is 12.0 Å². The van der Waals surface area contributed by atoms with Gasteiger partial charge in [0, 0.05) is 36.1 Å². The number of anilines is 2. The molecule has 2 aromatic rings. The first kappa shape index (κ1) is 19.9. The number of nitrogens with one attached hydrogen (secondary N) is 2. The molecule has 7 nitrogen and oxygen atoms in total. The van der Waals surface area contributed by atoms with E-state index in [9.17, 15) is 9.59 Å². The van der Waals surface area contributed by atoms with Crippen LogP contribution in [-0.4, -0.2) is 46.9 Å². The van der Waals surface area contributed by atoms with Gasteiger partial charge in [0.1, 0.15) is 5.82 Å². The monoisotopic (exact) mass is 403 g/mol. The van der Waals surface area contributed by atoms with E-state index in [1.807, 2.05) is 47.2 Å². The van der Waals surface area contributed by atoms with Gasteiger partial charge in [-0.05, 0) is 56.1 Å². The summed E-state index contributed by atoms with van der Waals surface area (Å²) in [4.78, 5) is 33.5. The van der Waals surface area contributed by atoms with E-state index in [-0.39, 0.29) is 18.0 Å². The number of fused-ring (bicyclic) bond motifs is 3. The number of benzene rings is 1. The van der Waals surface area contributed by atoms with Crippen molar-refractivity contribution in [2.45, 2.75) is 31.8 Å². The van der Waals surface area contributed by atoms with E-state index in [1.54, 1.807) is 6.20 Å². The first-order valence-corrected chi connectivity index (χ1v) is 10.2. The van der Waals surface area contributed by atoms with Crippen molar-refractivity contribution in [1.29, 1.82) is 0 Å². The molecular formula is C23H25N5O2.